The molecule has 1 N–H and O–H groups in total. The number of nitrogens with zero attached hydrogens (tertiary/aromatic N) is 2. The molecule has 0 radical (unpaired) electrons. The fourth-order valence-corrected chi connectivity index (χ4v) is 5.34. The smallest absolute Gasteiger partial charge is 0.251 e. The van der Waals surface area contributed by atoms with Crippen molar-refractivity contribution in [3.63, 3.8) is 0 Å². The molecule has 2 atom stereocenters. The third-order valence-corrected chi connectivity index (χ3v) is 7.67. The molecule has 1 aliphatic heterocycles. The predicted molar refractivity (Wildman–Crippen MR) is 118 cm³/mol. The molecule has 7 nitrogen and oxygen atoms in total. The number of carbonyl (C=O) groups is 2. The summed E-state index contributed by atoms with van der Waals surface area (Å²) in [6.45, 7) is 11.6. The first kappa shape index (κ1) is 24.3. The molecule has 2 amide bonds. The molecule has 1 aliphatic rings. The van der Waals surface area contributed by atoms with Gasteiger partial charge in [-0.25, -0.2) is 8.42 Å². The highest BCUT2D eigenvalue weighted by Crippen LogP contribution is 2.20. The molecule has 1 heterocycles. The summed E-state index contributed by atoms with van der Waals surface area (Å²) in [6.07, 6.45) is 2.08. The van der Waals surface area contributed by atoms with Crippen LogP contribution < -0.4 is 5.32 Å². The molecule has 0 saturated carbocycles. The van der Waals surface area contributed by atoms with E-state index < -0.39 is 22.0 Å². The Labute approximate surface area is 180 Å². The summed E-state index contributed by atoms with van der Waals surface area (Å²) < 4.78 is 26.9. The van der Waals surface area contributed by atoms with Crippen molar-refractivity contribution in [1.29, 1.82) is 0 Å². The highest BCUT2D eigenvalue weighted by Gasteiger charge is 2.31. The van der Waals surface area contributed by atoms with E-state index in [4.69, 9.17) is 0 Å². The lowest BCUT2D eigenvalue weighted by Gasteiger charge is -2.35. The molecule has 2 rings (SSSR count). The summed E-state index contributed by atoms with van der Waals surface area (Å²) in [6, 6.07) is 5.36. The summed E-state index contributed by atoms with van der Waals surface area (Å²) in [4.78, 5) is 27.9. The Morgan fingerprint density at radius 1 is 1.23 bits per heavy atom. The van der Waals surface area contributed by atoms with Gasteiger partial charge in [0.05, 0.1) is 4.90 Å². The SMILES string of the molecule is CCN(CC)S(=O)(=O)c1cccc(C(=O)N[C@H](C(=O)N2CCCC(C)C2)C(C)C)c1. The van der Waals surface area contributed by atoms with Crippen LogP contribution in [0.15, 0.2) is 29.2 Å². The molecule has 1 unspecified atom stereocenters. The van der Waals surface area contributed by atoms with Gasteiger partial charge in [-0.1, -0.05) is 40.7 Å². The number of carbonyl (C=O) groups excluding carboxylic acids is 2. The van der Waals surface area contributed by atoms with Gasteiger partial charge in [-0.2, -0.15) is 4.31 Å². The van der Waals surface area contributed by atoms with Crippen LogP contribution in [-0.2, 0) is 14.8 Å². The van der Waals surface area contributed by atoms with E-state index in [0.717, 1.165) is 12.8 Å². The zero-order valence-corrected chi connectivity index (χ0v) is 19.5. The van der Waals surface area contributed by atoms with Gasteiger partial charge in [0, 0.05) is 31.7 Å². The molecule has 168 valence electrons. The minimum absolute atomic E-state index is 0.0724. The van der Waals surface area contributed by atoms with Crippen LogP contribution in [0.4, 0.5) is 0 Å². The summed E-state index contributed by atoms with van der Waals surface area (Å²) in [5.74, 6) is -0.144. The van der Waals surface area contributed by atoms with Crippen molar-refractivity contribution in [2.24, 2.45) is 11.8 Å². The number of likely N-dealkylation sites (tertiary alicyclic amines) is 1. The van der Waals surface area contributed by atoms with Crippen LogP contribution in [0.3, 0.4) is 0 Å². The van der Waals surface area contributed by atoms with Crippen LogP contribution in [0.5, 0.6) is 0 Å². The third kappa shape index (κ3) is 5.60. The third-order valence-electron chi connectivity index (χ3n) is 5.63. The van der Waals surface area contributed by atoms with E-state index in [9.17, 15) is 18.0 Å². The average Bonchev–Trinajstić information content (AvgIpc) is 2.72. The molecule has 1 fully saturated rings. The lowest BCUT2D eigenvalue weighted by molar-refractivity contribution is -0.136. The van der Waals surface area contributed by atoms with Gasteiger partial charge in [0.25, 0.3) is 5.91 Å². The number of amides is 2. The van der Waals surface area contributed by atoms with E-state index >= 15 is 0 Å². The minimum Gasteiger partial charge on any atom is -0.341 e. The standard InChI is InChI=1S/C22H35N3O4S/c1-6-25(7-2)30(28,29)19-12-8-11-18(14-19)21(26)23-20(16(3)4)22(27)24-13-9-10-17(5)15-24/h8,11-12,14,16-17,20H,6-7,9-10,13,15H2,1-5H3,(H,23,26)/t17?,20-/m0/s1. The largest absolute Gasteiger partial charge is 0.341 e. The highest BCUT2D eigenvalue weighted by molar-refractivity contribution is 7.89. The fraction of sp³-hybridized carbons (Fsp3) is 0.636. The van der Waals surface area contributed by atoms with Gasteiger partial charge in [-0.15, -0.1) is 0 Å². The highest BCUT2D eigenvalue weighted by atomic mass is 32.2. The van der Waals surface area contributed by atoms with Gasteiger partial charge in [-0.05, 0) is 42.9 Å². The Balaban J connectivity index is 2.21. The Bertz CT molecular complexity index is 850. The Kier molecular flexibility index (Phi) is 8.43. The van der Waals surface area contributed by atoms with Crippen LogP contribution in [0, 0.1) is 11.8 Å². The second-order valence-corrected chi connectivity index (χ2v) is 10.3. The van der Waals surface area contributed by atoms with Crippen LogP contribution in [0.2, 0.25) is 0 Å². The van der Waals surface area contributed by atoms with E-state index in [-0.39, 0.29) is 22.3 Å². The van der Waals surface area contributed by atoms with Crippen molar-refractivity contribution in [2.75, 3.05) is 26.2 Å². The molecule has 1 aromatic carbocycles. The molecule has 0 aliphatic carbocycles. The van der Waals surface area contributed by atoms with Gasteiger partial charge in [0.2, 0.25) is 15.9 Å². The van der Waals surface area contributed by atoms with Crippen molar-refractivity contribution in [3.05, 3.63) is 29.8 Å². The number of rotatable bonds is 8. The summed E-state index contributed by atoms with van der Waals surface area (Å²) in [5.41, 5.74) is 0.230. The molecule has 1 aromatic rings. The number of nitrogens with one attached hydrogen (secondary N) is 1. The lowest BCUT2D eigenvalue weighted by atomic mass is 9.97. The monoisotopic (exact) mass is 437 g/mol. The summed E-state index contributed by atoms with van der Waals surface area (Å²) >= 11 is 0. The van der Waals surface area contributed by atoms with E-state index in [2.05, 4.69) is 12.2 Å². The molecular formula is C22H35N3O4S. The molecule has 30 heavy (non-hydrogen) atoms. The van der Waals surface area contributed by atoms with E-state index in [1.54, 1.807) is 26.0 Å². The van der Waals surface area contributed by atoms with E-state index in [0.29, 0.717) is 32.1 Å². The van der Waals surface area contributed by atoms with Crippen LogP contribution in [-0.4, -0.2) is 61.7 Å². The Hall–Kier alpha value is -1.93. The van der Waals surface area contributed by atoms with Gasteiger partial charge >= 0.3 is 0 Å². The zero-order valence-electron chi connectivity index (χ0n) is 18.7. The topological polar surface area (TPSA) is 86.8 Å². The lowest BCUT2D eigenvalue weighted by Crippen LogP contribution is -2.53. The molecular weight excluding hydrogens is 402 g/mol. The molecule has 0 aromatic heterocycles. The number of benzene rings is 1. The van der Waals surface area contributed by atoms with Crippen molar-refractivity contribution in [3.8, 4) is 0 Å². The van der Waals surface area contributed by atoms with E-state index in [1.165, 1.54) is 16.4 Å². The quantitative estimate of drug-likeness (QED) is 0.677. The first-order valence-electron chi connectivity index (χ1n) is 10.8. The second-order valence-electron chi connectivity index (χ2n) is 8.34. The van der Waals surface area contributed by atoms with Crippen molar-refractivity contribution in [1.82, 2.24) is 14.5 Å². The fourth-order valence-electron chi connectivity index (χ4n) is 3.83. The maximum absolute atomic E-state index is 13.1. The first-order chi connectivity index (χ1) is 14.1. The van der Waals surface area contributed by atoms with Gasteiger partial charge in [-0.3, -0.25) is 9.59 Å². The van der Waals surface area contributed by atoms with Gasteiger partial charge in [0.15, 0.2) is 0 Å². The van der Waals surface area contributed by atoms with Crippen molar-refractivity contribution in [2.45, 2.75) is 58.4 Å². The molecule has 8 heteroatoms. The van der Waals surface area contributed by atoms with Gasteiger partial charge in [0.1, 0.15) is 6.04 Å². The van der Waals surface area contributed by atoms with E-state index in [1.807, 2.05) is 18.7 Å². The molecule has 0 spiro atoms. The maximum atomic E-state index is 13.1. The second kappa shape index (κ2) is 10.4. The summed E-state index contributed by atoms with van der Waals surface area (Å²) in [5, 5.41) is 2.84. The van der Waals surface area contributed by atoms with Crippen LogP contribution in [0.1, 0.15) is 57.8 Å². The van der Waals surface area contributed by atoms with Crippen molar-refractivity contribution >= 4 is 21.8 Å². The molecule has 1 saturated heterocycles. The maximum Gasteiger partial charge on any atom is 0.251 e. The Morgan fingerprint density at radius 3 is 2.47 bits per heavy atom. The average molecular weight is 438 g/mol. The van der Waals surface area contributed by atoms with Crippen LogP contribution in [0.25, 0.3) is 0 Å². The zero-order chi connectivity index (χ0) is 22.5. The number of hydrogen-bond donors (Lipinski definition) is 1. The number of sulfonamides is 1. The normalized spacial score (nSPS) is 18.5. The number of hydrogen-bond acceptors (Lipinski definition) is 4. The Morgan fingerprint density at radius 2 is 1.90 bits per heavy atom. The summed E-state index contributed by atoms with van der Waals surface area (Å²) in [7, 11) is -3.66. The number of piperidine rings is 1. The predicted octanol–water partition coefficient (Wildman–Crippen LogP) is 2.73. The minimum atomic E-state index is -3.66. The van der Waals surface area contributed by atoms with Crippen molar-refractivity contribution < 1.29 is 18.0 Å². The first-order valence-corrected chi connectivity index (χ1v) is 12.3. The van der Waals surface area contributed by atoms with Crippen LogP contribution >= 0.6 is 0 Å². The van der Waals surface area contributed by atoms with Gasteiger partial charge < -0.3 is 10.2 Å². The molecule has 0 bridgehead atoms.